The van der Waals surface area contributed by atoms with E-state index in [1.54, 1.807) is 0 Å². The molecular formula is C18H33N3O2. The number of carbonyl (C=O) groups excluding carboxylic acids is 2. The first-order valence-corrected chi connectivity index (χ1v) is 8.76. The van der Waals surface area contributed by atoms with Gasteiger partial charge in [0.2, 0.25) is 11.8 Å². The van der Waals surface area contributed by atoms with Crippen molar-refractivity contribution in [2.75, 3.05) is 33.7 Å². The molecular weight excluding hydrogens is 290 g/mol. The smallest absolute Gasteiger partial charge is 0.225 e. The maximum absolute atomic E-state index is 12.7. The average molecular weight is 323 g/mol. The summed E-state index contributed by atoms with van der Waals surface area (Å²) in [6, 6.07) is 0.174. The molecule has 0 aromatic heterocycles. The molecule has 1 unspecified atom stereocenters. The quantitative estimate of drug-likeness (QED) is 0.838. The molecule has 2 aliphatic rings. The minimum absolute atomic E-state index is 0.0544. The molecule has 0 spiro atoms. The Labute approximate surface area is 140 Å². The fourth-order valence-electron chi connectivity index (χ4n) is 4.13. The SMILES string of the molecule is CN(C)CCN1CC(C(=O)NC2C(C)(C)CCC2(C)C)CC1=O. The number of nitrogens with zero attached hydrogens (tertiary/aromatic N) is 2. The van der Waals surface area contributed by atoms with Crippen molar-refractivity contribution in [2.45, 2.75) is 53.0 Å². The van der Waals surface area contributed by atoms with Crippen LogP contribution in [0.5, 0.6) is 0 Å². The summed E-state index contributed by atoms with van der Waals surface area (Å²) in [5.74, 6) is -0.0347. The highest BCUT2D eigenvalue weighted by Crippen LogP contribution is 2.48. The van der Waals surface area contributed by atoms with Gasteiger partial charge in [-0.25, -0.2) is 0 Å². The number of likely N-dealkylation sites (tertiary alicyclic amines) is 1. The zero-order valence-electron chi connectivity index (χ0n) is 15.6. The molecule has 0 bridgehead atoms. The number of rotatable bonds is 5. The average Bonchev–Trinajstić information content (AvgIpc) is 2.89. The highest BCUT2D eigenvalue weighted by molar-refractivity contribution is 5.89. The van der Waals surface area contributed by atoms with Gasteiger partial charge in [-0.3, -0.25) is 9.59 Å². The van der Waals surface area contributed by atoms with Crippen LogP contribution in [0.2, 0.25) is 0 Å². The van der Waals surface area contributed by atoms with Gasteiger partial charge in [0.15, 0.2) is 0 Å². The van der Waals surface area contributed by atoms with Crippen LogP contribution >= 0.6 is 0 Å². The first kappa shape index (κ1) is 18.2. The lowest BCUT2D eigenvalue weighted by Gasteiger charge is -2.36. The molecule has 1 aliphatic carbocycles. The Bertz CT molecular complexity index is 455. The number of nitrogens with one attached hydrogen (secondary N) is 1. The van der Waals surface area contributed by atoms with Crippen molar-refractivity contribution in [3.63, 3.8) is 0 Å². The molecule has 0 aromatic rings. The zero-order valence-corrected chi connectivity index (χ0v) is 15.6. The Morgan fingerprint density at radius 3 is 2.30 bits per heavy atom. The molecule has 0 radical (unpaired) electrons. The Morgan fingerprint density at radius 1 is 1.22 bits per heavy atom. The molecule has 2 rings (SSSR count). The summed E-state index contributed by atoms with van der Waals surface area (Å²) >= 11 is 0. The van der Waals surface area contributed by atoms with Crippen LogP contribution < -0.4 is 5.32 Å². The first-order valence-electron chi connectivity index (χ1n) is 8.76. The van der Waals surface area contributed by atoms with E-state index in [-0.39, 0.29) is 34.6 Å². The van der Waals surface area contributed by atoms with Crippen molar-refractivity contribution >= 4 is 11.8 Å². The normalized spacial score (nSPS) is 27.0. The van der Waals surface area contributed by atoms with Crippen molar-refractivity contribution in [3.05, 3.63) is 0 Å². The molecule has 1 heterocycles. The molecule has 1 aliphatic heterocycles. The number of likely N-dealkylation sites (N-methyl/N-ethyl adjacent to an activating group) is 1. The lowest BCUT2D eigenvalue weighted by atomic mass is 9.78. The van der Waals surface area contributed by atoms with Crippen molar-refractivity contribution in [1.29, 1.82) is 0 Å². The van der Waals surface area contributed by atoms with Crippen LogP contribution in [0, 0.1) is 16.7 Å². The van der Waals surface area contributed by atoms with Crippen LogP contribution in [0.15, 0.2) is 0 Å². The molecule has 5 heteroatoms. The molecule has 1 saturated carbocycles. The minimum Gasteiger partial charge on any atom is -0.352 e. The van der Waals surface area contributed by atoms with Crippen LogP contribution in [0.1, 0.15) is 47.0 Å². The molecule has 5 nitrogen and oxygen atoms in total. The van der Waals surface area contributed by atoms with E-state index in [4.69, 9.17) is 0 Å². The molecule has 0 aromatic carbocycles. The molecule has 2 fully saturated rings. The standard InChI is InChI=1S/C18H33N3O2/c1-17(2)7-8-18(3,4)16(17)19-15(23)13-11-14(22)21(12-13)10-9-20(5)6/h13,16H,7-12H2,1-6H3,(H,19,23). The zero-order chi connectivity index (χ0) is 17.4. The van der Waals surface area contributed by atoms with Gasteiger partial charge in [0, 0.05) is 32.1 Å². The molecule has 132 valence electrons. The van der Waals surface area contributed by atoms with Crippen LogP contribution in [-0.4, -0.2) is 61.4 Å². The van der Waals surface area contributed by atoms with E-state index < -0.39 is 0 Å². The van der Waals surface area contributed by atoms with E-state index in [0.717, 1.165) is 19.4 Å². The third kappa shape index (κ3) is 4.06. The number of hydrogen-bond donors (Lipinski definition) is 1. The van der Waals surface area contributed by atoms with E-state index >= 15 is 0 Å². The number of amides is 2. The van der Waals surface area contributed by atoms with E-state index in [2.05, 4.69) is 37.9 Å². The van der Waals surface area contributed by atoms with E-state index in [9.17, 15) is 9.59 Å². The monoisotopic (exact) mass is 323 g/mol. The van der Waals surface area contributed by atoms with Gasteiger partial charge in [0.05, 0.1) is 5.92 Å². The lowest BCUT2D eigenvalue weighted by molar-refractivity contribution is -0.129. The van der Waals surface area contributed by atoms with Crippen molar-refractivity contribution in [1.82, 2.24) is 15.1 Å². The summed E-state index contributed by atoms with van der Waals surface area (Å²) in [4.78, 5) is 28.7. The van der Waals surface area contributed by atoms with Gasteiger partial charge < -0.3 is 15.1 Å². The first-order chi connectivity index (χ1) is 10.5. The van der Waals surface area contributed by atoms with Crippen LogP contribution in [-0.2, 0) is 9.59 Å². The molecule has 1 atom stereocenters. The molecule has 23 heavy (non-hydrogen) atoms. The number of carbonyl (C=O) groups is 2. The summed E-state index contributed by atoms with van der Waals surface area (Å²) in [5.41, 5.74) is 0.235. The fourth-order valence-corrected chi connectivity index (χ4v) is 4.13. The fraction of sp³-hybridized carbons (Fsp3) is 0.889. The minimum atomic E-state index is -0.197. The van der Waals surface area contributed by atoms with Crippen molar-refractivity contribution < 1.29 is 9.59 Å². The highest BCUT2D eigenvalue weighted by Gasteiger charge is 2.48. The van der Waals surface area contributed by atoms with E-state index in [1.807, 2.05) is 19.0 Å². The Morgan fingerprint density at radius 2 is 1.78 bits per heavy atom. The Hall–Kier alpha value is -1.10. The van der Waals surface area contributed by atoms with Gasteiger partial charge in [0.1, 0.15) is 0 Å². The highest BCUT2D eigenvalue weighted by atomic mass is 16.2. The van der Waals surface area contributed by atoms with Gasteiger partial charge in [-0.05, 0) is 37.8 Å². The predicted molar refractivity (Wildman–Crippen MR) is 92.0 cm³/mol. The van der Waals surface area contributed by atoms with E-state index in [1.165, 1.54) is 0 Å². The topological polar surface area (TPSA) is 52.6 Å². The van der Waals surface area contributed by atoms with E-state index in [0.29, 0.717) is 19.5 Å². The molecule has 2 amide bonds. The predicted octanol–water partition coefficient (Wildman–Crippen LogP) is 1.73. The van der Waals surface area contributed by atoms with Gasteiger partial charge in [0.25, 0.3) is 0 Å². The summed E-state index contributed by atoms with van der Waals surface area (Å²) in [6.45, 7) is 11.0. The van der Waals surface area contributed by atoms with Gasteiger partial charge in [-0.2, -0.15) is 0 Å². The summed E-state index contributed by atoms with van der Waals surface area (Å²) in [6.07, 6.45) is 2.61. The third-order valence-electron chi connectivity index (χ3n) is 5.67. The number of hydrogen-bond acceptors (Lipinski definition) is 3. The Balaban J connectivity index is 1.95. The van der Waals surface area contributed by atoms with Crippen LogP contribution in [0.3, 0.4) is 0 Å². The largest absolute Gasteiger partial charge is 0.352 e. The van der Waals surface area contributed by atoms with Crippen LogP contribution in [0.25, 0.3) is 0 Å². The van der Waals surface area contributed by atoms with Gasteiger partial charge in [-0.1, -0.05) is 27.7 Å². The summed E-state index contributed by atoms with van der Waals surface area (Å²) in [7, 11) is 3.99. The second-order valence-electron chi connectivity index (χ2n) is 8.96. The molecule has 1 N–H and O–H groups in total. The summed E-state index contributed by atoms with van der Waals surface area (Å²) in [5, 5.41) is 3.28. The van der Waals surface area contributed by atoms with Crippen LogP contribution in [0.4, 0.5) is 0 Å². The Kier molecular flexibility index (Phi) is 5.09. The third-order valence-corrected chi connectivity index (χ3v) is 5.67. The van der Waals surface area contributed by atoms with Crippen molar-refractivity contribution in [3.8, 4) is 0 Å². The lowest BCUT2D eigenvalue weighted by Crippen LogP contribution is -2.50. The molecule has 1 saturated heterocycles. The van der Waals surface area contributed by atoms with Gasteiger partial charge in [-0.15, -0.1) is 0 Å². The van der Waals surface area contributed by atoms with Gasteiger partial charge >= 0.3 is 0 Å². The second-order valence-corrected chi connectivity index (χ2v) is 8.96. The maximum atomic E-state index is 12.7. The van der Waals surface area contributed by atoms with Crippen molar-refractivity contribution in [2.24, 2.45) is 16.7 Å². The maximum Gasteiger partial charge on any atom is 0.225 e. The summed E-state index contributed by atoms with van der Waals surface area (Å²) < 4.78 is 0. The second kappa shape index (κ2) is 6.42.